The Kier molecular flexibility index (Phi) is 6.36. The van der Waals surface area contributed by atoms with Crippen molar-refractivity contribution in [1.29, 1.82) is 0 Å². The number of amides is 1. The van der Waals surface area contributed by atoms with Crippen LogP contribution in [-0.2, 0) is 9.16 Å². The second-order valence-corrected chi connectivity index (χ2v) is 13.6. The topological polar surface area (TPSA) is 38.8 Å². The summed E-state index contributed by atoms with van der Waals surface area (Å²) in [4.78, 5) is 14.3. The molecule has 1 heterocycles. The van der Waals surface area contributed by atoms with Crippen molar-refractivity contribution in [1.82, 2.24) is 4.90 Å². The van der Waals surface area contributed by atoms with E-state index in [4.69, 9.17) is 9.16 Å². The fourth-order valence-corrected chi connectivity index (χ4v) is 6.27. The maximum Gasteiger partial charge on any atom is 0.410 e. The van der Waals surface area contributed by atoms with Crippen LogP contribution < -0.4 is 0 Å². The Balaban J connectivity index is 2.88. The van der Waals surface area contributed by atoms with Crippen molar-refractivity contribution < 1.29 is 14.0 Å². The van der Waals surface area contributed by atoms with Crippen LogP contribution in [0.2, 0.25) is 18.1 Å². The Labute approximate surface area is 144 Å². The highest BCUT2D eigenvalue weighted by Crippen LogP contribution is 2.39. The fraction of sp³-hybridized carbons (Fsp3) is 0.944. The lowest BCUT2D eigenvalue weighted by molar-refractivity contribution is -0.0997. The average Bonchev–Trinajstić information content (AvgIpc) is 2.35. The summed E-state index contributed by atoms with van der Waals surface area (Å²) < 4.78 is 12.2. The molecule has 1 amide bonds. The third-order valence-corrected chi connectivity index (χ3v) is 9.58. The van der Waals surface area contributed by atoms with Gasteiger partial charge in [0.2, 0.25) is 0 Å². The molecule has 0 unspecified atom stereocenters. The molecular weight excluding hydrogens is 306 g/mol. The lowest BCUT2D eigenvalue weighted by Gasteiger charge is -2.55. The lowest BCUT2D eigenvalue weighted by atomic mass is 9.77. The van der Waals surface area contributed by atoms with Gasteiger partial charge < -0.3 is 9.16 Å². The molecule has 5 heteroatoms. The van der Waals surface area contributed by atoms with Crippen LogP contribution in [0.15, 0.2) is 0 Å². The Morgan fingerprint density at radius 2 is 1.52 bits per heavy atom. The molecule has 0 aromatic carbocycles. The summed E-state index contributed by atoms with van der Waals surface area (Å²) in [5.74, 6) is 0. The van der Waals surface area contributed by atoms with Crippen LogP contribution in [0.1, 0.15) is 62.3 Å². The van der Waals surface area contributed by atoms with Gasteiger partial charge in [-0.1, -0.05) is 41.5 Å². The number of carbonyl (C=O) groups excluding carboxylic acids is 1. The molecule has 1 aliphatic rings. The minimum atomic E-state index is -1.66. The van der Waals surface area contributed by atoms with E-state index in [9.17, 15) is 4.79 Å². The van der Waals surface area contributed by atoms with Crippen LogP contribution in [0.4, 0.5) is 4.79 Å². The average molecular weight is 344 g/mol. The SMILES string of the molecule is CC[Si](CC)(CC)O[C@@H]1CN(C(=O)OC(C)(C)C)[C@@H]1C(C)(C)C. The number of likely N-dealkylation sites (tertiary alicyclic amines) is 1. The van der Waals surface area contributed by atoms with Crippen LogP contribution in [-0.4, -0.2) is 43.6 Å². The smallest absolute Gasteiger partial charge is 0.410 e. The third-order valence-electron chi connectivity index (χ3n) is 4.91. The molecule has 4 nitrogen and oxygen atoms in total. The second kappa shape index (κ2) is 7.14. The van der Waals surface area contributed by atoms with E-state index < -0.39 is 13.9 Å². The molecule has 0 radical (unpaired) electrons. The first-order chi connectivity index (χ1) is 10.4. The zero-order valence-corrected chi connectivity index (χ0v) is 17.7. The molecule has 0 N–H and O–H groups in total. The van der Waals surface area contributed by atoms with Gasteiger partial charge in [0.15, 0.2) is 8.32 Å². The summed E-state index contributed by atoms with van der Waals surface area (Å²) in [5.41, 5.74) is -0.477. The van der Waals surface area contributed by atoms with E-state index >= 15 is 0 Å². The van der Waals surface area contributed by atoms with Gasteiger partial charge in [0.25, 0.3) is 0 Å². The highest BCUT2D eigenvalue weighted by Gasteiger charge is 2.52. The zero-order chi connectivity index (χ0) is 18.1. The molecular formula is C18H37NO3Si. The standard InChI is InChI=1S/C18H37NO3Si/c1-10-23(11-2,12-3)22-14-13-19(15(14)17(4,5)6)16(20)21-18(7,8)9/h14-15H,10-13H2,1-9H3/t14-,15+/m1/s1. The van der Waals surface area contributed by atoms with E-state index in [1.54, 1.807) is 0 Å². The largest absolute Gasteiger partial charge is 0.444 e. The number of nitrogens with zero attached hydrogens (tertiary/aromatic N) is 1. The Hall–Kier alpha value is -0.553. The van der Waals surface area contributed by atoms with Gasteiger partial charge in [-0.15, -0.1) is 0 Å². The molecule has 23 heavy (non-hydrogen) atoms. The quantitative estimate of drug-likeness (QED) is 0.656. The van der Waals surface area contributed by atoms with Gasteiger partial charge in [0, 0.05) is 0 Å². The molecule has 1 saturated heterocycles. The van der Waals surface area contributed by atoms with E-state index in [0.29, 0.717) is 6.54 Å². The van der Waals surface area contributed by atoms with Crippen LogP contribution in [0.25, 0.3) is 0 Å². The Bertz CT molecular complexity index is 399. The summed E-state index contributed by atoms with van der Waals surface area (Å²) >= 11 is 0. The Morgan fingerprint density at radius 1 is 1.04 bits per heavy atom. The van der Waals surface area contributed by atoms with E-state index in [0.717, 1.165) is 18.1 Å². The summed E-state index contributed by atoms with van der Waals surface area (Å²) in [7, 11) is -1.66. The molecule has 0 aromatic rings. The number of hydrogen-bond acceptors (Lipinski definition) is 3. The highest BCUT2D eigenvalue weighted by atomic mass is 28.4. The molecule has 136 valence electrons. The molecule has 0 aromatic heterocycles. The monoisotopic (exact) mass is 343 g/mol. The van der Waals surface area contributed by atoms with Crippen molar-refractivity contribution in [3.8, 4) is 0 Å². The van der Waals surface area contributed by atoms with Gasteiger partial charge in [0.1, 0.15) is 5.60 Å². The van der Waals surface area contributed by atoms with Crippen molar-refractivity contribution >= 4 is 14.4 Å². The van der Waals surface area contributed by atoms with E-state index in [-0.39, 0.29) is 23.7 Å². The van der Waals surface area contributed by atoms with Gasteiger partial charge in [-0.05, 0) is 44.3 Å². The first kappa shape index (κ1) is 20.5. The molecule has 0 saturated carbocycles. The third kappa shape index (κ3) is 4.96. The normalized spacial score (nSPS) is 22.7. The highest BCUT2D eigenvalue weighted by molar-refractivity contribution is 6.73. The lowest BCUT2D eigenvalue weighted by Crippen LogP contribution is -2.70. The summed E-state index contributed by atoms with van der Waals surface area (Å²) in [5, 5.41) is 0. The van der Waals surface area contributed by atoms with Crippen LogP contribution >= 0.6 is 0 Å². The fourth-order valence-electron chi connectivity index (χ4n) is 3.43. The number of ether oxygens (including phenoxy) is 1. The molecule has 0 spiro atoms. The van der Waals surface area contributed by atoms with Gasteiger partial charge in [-0.25, -0.2) is 4.79 Å². The first-order valence-electron chi connectivity index (χ1n) is 9.06. The van der Waals surface area contributed by atoms with E-state index in [2.05, 4.69) is 41.5 Å². The Morgan fingerprint density at radius 3 is 1.87 bits per heavy atom. The van der Waals surface area contributed by atoms with Crippen LogP contribution in [0, 0.1) is 5.41 Å². The van der Waals surface area contributed by atoms with Gasteiger partial charge in [-0.2, -0.15) is 0 Å². The predicted octanol–water partition coefficient (Wildman–Crippen LogP) is 5.04. The van der Waals surface area contributed by atoms with E-state index in [1.807, 2.05) is 25.7 Å². The predicted molar refractivity (Wildman–Crippen MR) is 98.3 cm³/mol. The molecule has 1 fully saturated rings. The molecule has 1 rings (SSSR count). The van der Waals surface area contributed by atoms with Gasteiger partial charge >= 0.3 is 6.09 Å². The zero-order valence-electron chi connectivity index (χ0n) is 16.7. The van der Waals surface area contributed by atoms with Crippen molar-refractivity contribution in [2.45, 2.75) is 98.2 Å². The van der Waals surface area contributed by atoms with E-state index in [1.165, 1.54) is 0 Å². The number of rotatable bonds is 5. The number of carbonyl (C=O) groups is 1. The van der Waals surface area contributed by atoms with Crippen molar-refractivity contribution in [2.75, 3.05) is 6.54 Å². The molecule has 0 aliphatic carbocycles. The van der Waals surface area contributed by atoms with Crippen LogP contribution in [0.3, 0.4) is 0 Å². The second-order valence-electron chi connectivity index (χ2n) is 8.84. The van der Waals surface area contributed by atoms with Crippen molar-refractivity contribution in [2.24, 2.45) is 5.41 Å². The first-order valence-corrected chi connectivity index (χ1v) is 11.6. The van der Waals surface area contributed by atoms with Gasteiger partial charge in [-0.3, -0.25) is 4.90 Å². The maximum atomic E-state index is 12.5. The molecule has 1 aliphatic heterocycles. The summed E-state index contributed by atoms with van der Waals surface area (Å²) in [6, 6.07) is 3.51. The molecule has 0 bridgehead atoms. The van der Waals surface area contributed by atoms with Crippen molar-refractivity contribution in [3.63, 3.8) is 0 Å². The summed E-state index contributed by atoms with van der Waals surface area (Å²) in [6.07, 6.45) is -0.0666. The van der Waals surface area contributed by atoms with Crippen molar-refractivity contribution in [3.05, 3.63) is 0 Å². The minimum absolute atomic E-state index is 0.0187. The maximum absolute atomic E-state index is 12.5. The number of hydrogen-bond donors (Lipinski definition) is 0. The summed E-state index contributed by atoms with van der Waals surface area (Å²) in [6.45, 7) is 19.7. The molecule has 2 atom stereocenters. The van der Waals surface area contributed by atoms with Crippen LogP contribution in [0.5, 0.6) is 0 Å². The van der Waals surface area contributed by atoms with Gasteiger partial charge in [0.05, 0.1) is 18.7 Å². The minimum Gasteiger partial charge on any atom is -0.444 e.